The lowest BCUT2D eigenvalue weighted by Crippen LogP contribution is -2.08. The van der Waals surface area contributed by atoms with Gasteiger partial charge in [-0.05, 0) is 43.5 Å². The molecule has 4 heteroatoms. The summed E-state index contributed by atoms with van der Waals surface area (Å²) in [6.45, 7) is 3.83. The van der Waals surface area contributed by atoms with Gasteiger partial charge in [0.2, 0.25) is 0 Å². The molecule has 0 bridgehead atoms. The molecular formula is C15H14FNO2. The number of hydrogen-bond donors (Lipinski definition) is 1. The lowest BCUT2D eigenvalue weighted by molar-refractivity contribution is 0.0699. The summed E-state index contributed by atoms with van der Waals surface area (Å²) in [6.07, 6.45) is 2.04. The number of pyridine rings is 1. The van der Waals surface area contributed by atoms with Crippen molar-refractivity contribution in [3.05, 3.63) is 40.8 Å². The van der Waals surface area contributed by atoms with E-state index in [2.05, 4.69) is 11.9 Å². The van der Waals surface area contributed by atoms with Crippen LogP contribution >= 0.6 is 0 Å². The highest BCUT2D eigenvalue weighted by Crippen LogP contribution is 2.47. The van der Waals surface area contributed by atoms with E-state index in [1.165, 1.54) is 12.1 Å². The number of carbonyl (C=O) groups is 1. The summed E-state index contributed by atoms with van der Waals surface area (Å²) in [6, 6.07) is 4.23. The standard InChI is InChI=1S/C15H14FNO2/c1-8-5-9(16)6-10-11(14(18)19)7-12(17-13(8)10)15(2)3-4-15/h5-7H,3-4H2,1-2H3,(H,18,19). The number of nitrogens with zero attached hydrogens (tertiary/aromatic N) is 1. The highest BCUT2D eigenvalue weighted by molar-refractivity contribution is 6.03. The van der Waals surface area contributed by atoms with Crippen molar-refractivity contribution in [2.24, 2.45) is 0 Å². The average molecular weight is 259 g/mol. The van der Waals surface area contributed by atoms with Gasteiger partial charge < -0.3 is 5.11 Å². The summed E-state index contributed by atoms with van der Waals surface area (Å²) in [4.78, 5) is 15.9. The molecule has 0 spiro atoms. The summed E-state index contributed by atoms with van der Waals surface area (Å²) in [5, 5.41) is 9.70. The zero-order valence-electron chi connectivity index (χ0n) is 10.8. The van der Waals surface area contributed by atoms with E-state index in [1.807, 2.05) is 0 Å². The van der Waals surface area contributed by atoms with E-state index in [1.54, 1.807) is 13.0 Å². The van der Waals surface area contributed by atoms with Gasteiger partial charge in [0.1, 0.15) is 5.82 Å². The van der Waals surface area contributed by atoms with Gasteiger partial charge in [-0.15, -0.1) is 0 Å². The first-order valence-corrected chi connectivity index (χ1v) is 6.25. The van der Waals surface area contributed by atoms with Crippen LogP contribution in [-0.2, 0) is 5.41 Å². The molecule has 3 rings (SSSR count). The predicted molar refractivity (Wildman–Crippen MR) is 70.0 cm³/mol. The second kappa shape index (κ2) is 3.76. The Bertz CT molecular complexity index is 705. The summed E-state index contributed by atoms with van der Waals surface area (Å²) in [5.41, 5.74) is 2.18. The highest BCUT2D eigenvalue weighted by atomic mass is 19.1. The zero-order chi connectivity index (χ0) is 13.8. The molecule has 98 valence electrons. The number of fused-ring (bicyclic) bond motifs is 1. The molecule has 1 heterocycles. The summed E-state index contributed by atoms with van der Waals surface area (Å²) < 4.78 is 13.5. The van der Waals surface area contributed by atoms with Crippen LogP contribution < -0.4 is 0 Å². The SMILES string of the molecule is Cc1cc(F)cc2c(C(=O)O)cc(C3(C)CC3)nc12. The molecule has 1 aromatic carbocycles. The Hall–Kier alpha value is -1.97. The number of hydrogen-bond acceptors (Lipinski definition) is 2. The van der Waals surface area contributed by atoms with Gasteiger partial charge in [0.05, 0.1) is 11.1 Å². The minimum atomic E-state index is -1.04. The third-order valence-electron chi connectivity index (χ3n) is 3.92. The van der Waals surface area contributed by atoms with Crippen molar-refractivity contribution in [2.45, 2.75) is 32.1 Å². The maximum absolute atomic E-state index is 13.5. The Kier molecular flexibility index (Phi) is 2.39. The Morgan fingerprint density at radius 3 is 2.63 bits per heavy atom. The van der Waals surface area contributed by atoms with Crippen LogP contribution in [0.5, 0.6) is 0 Å². The molecule has 0 saturated heterocycles. The molecule has 1 aromatic heterocycles. The Balaban J connectivity index is 2.38. The van der Waals surface area contributed by atoms with E-state index >= 15 is 0 Å². The molecule has 0 amide bonds. The summed E-state index contributed by atoms with van der Waals surface area (Å²) in [7, 11) is 0. The van der Waals surface area contributed by atoms with Crippen LogP contribution in [0.2, 0.25) is 0 Å². The first kappa shape index (κ1) is 12.1. The van der Waals surface area contributed by atoms with Crippen molar-refractivity contribution in [3.63, 3.8) is 0 Å². The van der Waals surface area contributed by atoms with Crippen molar-refractivity contribution < 1.29 is 14.3 Å². The minimum absolute atomic E-state index is 0.0147. The second-order valence-corrected chi connectivity index (χ2v) is 5.54. The van der Waals surface area contributed by atoms with Gasteiger partial charge in [-0.3, -0.25) is 4.98 Å². The molecule has 0 atom stereocenters. The van der Waals surface area contributed by atoms with E-state index in [0.29, 0.717) is 16.5 Å². The van der Waals surface area contributed by atoms with E-state index in [4.69, 9.17) is 0 Å². The fourth-order valence-electron chi connectivity index (χ4n) is 2.39. The monoisotopic (exact) mass is 259 g/mol. The van der Waals surface area contributed by atoms with Crippen LogP contribution in [0.15, 0.2) is 18.2 Å². The molecule has 1 fully saturated rings. The molecular weight excluding hydrogens is 245 g/mol. The first-order valence-electron chi connectivity index (χ1n) is 6.25. The largest absolute Gasteiger partial charge is 0.478 e. The van der Waals surface area contributed by atoms with Crippen molar-refractivity contribution in [1.29, 1.82) is 0 Å². The summed E-state index contributed by atoms with van der Waals surface area (Å²) in [5.74, 6) is -1.47. The smallest absolute Gasteiger partial charge is 0.336 e. The van der Waals surface area contributed by atoms with E-state index in [0.717, 1.165) is 18.5 Å². The number of aryl methyl sites for hydroxylation is 1. The predicted octanol–water partition coefficient (Wildman–Crippen LogP) is 3.43. The van der Waals surface area contributed by atoms with Gasteiger partial charge in [-0.25, -0.2) is 9.18 Å². The van der Waals surface area contributed by atoms with Gasteiger partial charge in [0, 0.05) is 16.5 Å². The maximum Gasteiger partial charge on any atom is 0.336 e. The molecule has 0 radical (unpaired) electrons. The number of aromatic carboxylic acids is 1. The van der Waals surface area contributed by atoms with Gasteiger partial charge in [-0.2, -0.15) is 0 Å². The zero-order valence-corrected chi connectivity index (χ0v) is 10.8. The number of carboxylic acids is 1. The summed E-state index contributed by atoms with van der Waals surface area (Å²) >= 11 is 0. The molecule has 3 nitrogen and oxygen atoms in total. The lowest BCUT2D eigenvalue weighted by Gasteiger charge is -2.13. The number of benzene rings is 1. The Morgan fingerprint density at radius 1 is 1.37 bits per heavy atom. The van der Waals surface area contributed by atoms with Crippen LogP contribution in [0.25, 0.3) is 10.9 Å². The van der Waals surface area contributed by atoms with E-state index in [9.17, 15) is 14.3 Å². The molecule has 1 aliphatic carbocycles. The van der Waals surface area contributed by atoms with Crippen LogP contribution in [-0.4, -0.2) is 16.1 Å². The second-order valence-electron chi connectivity index (χ2n) is 5.54. The van der Waals surface area contributed by atoms with Gasteiger partial charge in [0.15, 0.2) is 0 Å². The van der Waals surface area contributed by atoms with Gasteiger partial charge in [0.25, 0.3) is 0 Å². The fraction of sp³-hybridized carbons (Fsp3) is 0.333. The molecule has 2 aromatic rings. The van der Waals surface area contributed by atoms with Crippen molar-refractivity contribution in [2.75, 3.05) is 0 Å². The maximum atomic E-state index is 13.5. The van der Waals surface area contributed by atoms with E-state index < -0.39 is 11.8 Å². The van der Waals surface area contributed by atoms with Crippen molar-refractivity contribution in [1.82, 2.24) is 4.98 Å². The number of rotatable bonds is 2. The molecule has 0 unspecified atom stereocenters. The van der Waals surface area contributed by atoms with Crippen LogP contribution in [0.1, 0.15) is 41.4 Å². The molecule has 19 heavy (non-hydrogen) atoms. The number of aromatic nitrogens is 1. The molecule has 1 aliphatic rings. The fourth-order valence-corrected chi connectivity index (χ4v) is 2.39. The Labute approximate surface area is 110 Å². The normalized spacial score (nSPS) is 16.6. The molecule has 0 aliphatic heterocycles. The van der Waals surface area contributed by atoms with E-state index in [-0.39, 0.29) is 11.0 Å². The first-order chi connectivity index (χ1) is 8.90. The minimum Gasteiger partial charge on any atom is -0.478 e. The average Bonchev–Trinajstić information content (AvgIpc) is 3.07. The van der Waals surface area contributed by atoms with Crippen molar-refractivity contribution in [3.8, 4) is 0 Å². The molecule has 1 N–H and O–H groups in total. The van der Waals surface area contributed by atoms with Gasteiger partial charge >= 0.3 is 5.97 Å². The lowest BCUT2D eigenvalue weighted by atomic mass is 9.98. The van der Waals surface area contributed by atoms with Crippen LogP contribution in [0.4, 0.5) is 4.39 Å². The number of carboxylic acid groups (broad SMARTS) is 1. The van der Waals surface area contributed by atoms with Crippen molar-refractivity contribution >= 4 is 16.9 Å². The van der Waals surface area contributed by atoms with Crippen LogP contribution in [0, 0.1) is 12.7 Å². The Morgan fingerprint density at radius 2 is 2.05 bits per heavy atom. The third-order valence-corrected chi connectivity index (χ3v) is 3.92. The van der Waals surface area contributed by atoms with Crippen LogP contribution in [0.3, 0.4) is 0 Å². The molecule has 1 saturated carbocycles. The quantitative estimate of drug-likeness (QED) is 0.898. The highest BCUT2D eigenvalue weighted by Gasteiger charge is 2.41. The number of halogens is 1. The third kappa shape index (κ3) is 1.87. The topological polar surface area (TPSA) is 50.2 Å². The van der Waals surface area contributed by atoms with Gasteiger partial charge in [-0.1, -0.05) is 6.92 Å².